The number of ether oxygens (including phenoxy) is 4. The summed E-state index contributed by atoms with van der Waals surface area (Å²) >= 11 is 6.67. The van der Waals surface area contributed by atoms with Crippen LogP contribution in [0.1, 0.15) is 79.0 Å². The van der Waals surface area contributed by atoms with Crippen molar-refractivity contribution in [1.82, 2.24) is 0 Å². The highest BCUT2D eigenvalue weighted by Gasteiger charge is 2.53. The van der Waals surface area contributed by atoms with Crippen LogP contribution in [-0.2, 0) is 47.7 Å². The Morgan fingerprint density at radius 3 is 1.55 bits per heavy atom. The van der Waals surface area contributed by atoms with E-state index in [0.29, 0.717) is 13.2 Å². The molecule has 0 heterocycles. The van der Waals surface area contributed by atoms with Crippen LogP contribution in [-0.4, -0.2) is 65.9 Å². The predicted molar refractivity (Wildman–Crippen MR) is 231 cm³/mol. The first kappa shape index (κ1) is 47.0. The molecule has 0 bridgehead atoms. The molecule has 7 nitrogen and oxygen atoms in total. The van der Waals surface area contributed by atoms with Gasteiger partial charge in [-0.15, -0.1) is 11.6 Å². The molecule has 1 unspecified atom stereocenters. The average molecular weight is 814 g/mol. The van der Waals surface area contributed by atoms with Crippen LogP contribution < -0.4 is 4.74 Å². The van der Waals surface area contributed by atoms with Gasteiger partial charge in [-0.05, 0) is 72.0 Å². The van der Waals surface area contributed by atoms with Gasteiger partial charge >= 0.3 is 0 Å². The first-order valence-electron chi connectivity index (χ1n) is 19.6. The summed E-state index contributed by atoms with van der Waals surface area (Å²) in [6.07, 6.45) is -2.94. The predicted octanol–water partition coefficient (Wildman–Crippen LogP) is 11.4. The number of carbonyl (C=O) groups excluding carboxylic acids is 1. The van der Waals surface area contributed by atoms with E-state index in [1.54, 1.807) is 14.0 Å². The first-order valence-corrected chi connectivity index (χ1v) is 25.8. The van der Waals surface area contributed by atoms with Gasteiger partial charge in [0.05, 0.1) is 51.1 Å². The van der Waals surface area contributed by atoms with Gasteiger partial charge in [0.2, 0.25) is 0 Å². The molecule has 0 aliphatic rings. The van der Waals surface area contributed by atoms with E-state index in [9.17, 15) is 4.79 Å². The smallest absolute Gasteiger partial charge is 0.192 e. The number of alkyl halides is 1. The maximum atomic E-state index is 14.4. The van der Waals surface area contributed by atoms with E-state index >= 15 is 0 Å². The number of carbonyl (C=O) groups is 1. The largest absolute Gasteiger partial charge is 0.497 e. The van der Waals surface area contributed by atoms with Crippen molar-refractivity contribution in [2.75, 3.05) is 13.7 Å². The number of hydrogen-bond donors (Lipinski definition) is 0. The molecule has 0 aliphatic heterocycles. The normalized spacial score (nSPS) is 15.9. The molecule has 0 aromatic heterocycles. The maximum Gasteiger partial charge on any atom is 0.192 e. The summed E-state index contributed by atoms with van der Waals surface area (Å²) in [5.74, 6) is 0.532. The standard InChI is InChI=1S/C45H69ClO7Si2/c1-33(46)39(47)40(50-30-35-23-19-16-20-24-35)42(53-55(13,14)44(5,6)7)45(8,9)41(51-31-36-25-27-37(48-10)28-26-36)38(32-52-54(11,12)43(2,3)4)49-29-34-21-17-15-18-22-34/h15-28,33,38,40-42H,29-32H2,1-14H3/t33?,38-,40-,41-,42-/m0/s1. The first-order chi connectivity index (χ1) is 25.5. The van der Waals surface area contributed by atoms with Crippen molar-refractivity contribution in [2.24, 2.45) is 5.41 Å². The van der Waals surface area contributed by atoms with Crippen molar-refractivity contribution in [1.29, 1.82) is 0 Å². The zero-order chi connectivity index (χ0) is 41.2. The quantitative estimate of drug-likeness (QED) is 0.0783. The topological polar surface area (TPSA) is 72.5 Å². The van der Waals surface area contributed by atoms with Crippen LogP contribution in [0.4, 0.5) is 0 Å². The third kappa shape index (κ3) is 13.4. The minimum Gasteiger partial charge on any atom is -0.497 e. The van der Waals surface area contributed by atoms with E-state index < -0.39 is 51.8 Å². The highest BCUT2D eigenvalue weighted by molar-refractivity contribution is 6.74. The Morgan fingerprint density at radius 2 is 1.09 bits per heavy atom. The molecule has 10 heteroatoms. The lowest BCUT2D eigenvalue weighted by molar-refractivity contribution is -0.189. The van der Waals surface area contributed by atoms with Crippen molar-refractivity contribution in [3.05, 3.63) is 102 Å². The van der Waals surface area contributed by atoms with Crippen molar-refractivity contribution in [2.45, 2.75) is 148 Å². The van der Waals surface area contributed by atoms with Crippen LogP contribution in [0.3, 0.4) is 0 Å². The number of halogens is 1. The van der Waals surface area contributed by atoms with Crippen LogP contribution >= 0.6 is 11.6 Å². The zero-order valence-electron chi connectivity index (χ0n) is 36.0. The molecule has 0 fully saturated rings. The summed E-state index contributed by atoms with van der Waals surface area (Å²) in [7, 11) is -3.15. The van der Waals surface area contributed by atoms with E-state index in [4.69, 9.17) is 39.4 Å². The van der Waals surface area contributed by atoms with E-state index in [1.807, 2.05) is 72.8 Å². The average Bonchev–Trinajstić information content (AvgIpc) is 3.11. The lowest BCUT2D eigenvalue weighted by Gasteiger charge is -2.50. The lowest BCUT2D eigenvalue weighted by atomic mass is 9.75. The molecule has 0 aliphatic carbocycles. The van der Waals surface area contributed by atoms with Crippen LogP contribution in [0.25, 0.3) is 0 Å². The molecule has 0 N–H and O–H groups in total. The van der Waals surface area contributed by atoms with Crippen LogP contribution in [0.2, 0.25) is 36.3 Å². The van der Waals surface area contributed by atoms with E-state index in [0.717, 1.165) is 22.4 Å². The number of rotatable bonds is 21. The molecule has 306 valence electrons. The number of ketones is 1. The fraction of sp³-hybridized carbons (Fsp3) is 0.578. The number of methoxy groups -OCH3 is 1. The molecule has 0 radical (unpaired) electrons. The van der Waals surface area contributed by atoms with E-state index in [2.05, 4.69) is 93.7 Å². The van der Waals surface area contributed by atoms with Gasteiger partial charge in [-0.25, -0.2) is 0 Å². The van der Waals surface area contributed by atoms with Crippen molar-refractivity contribution < 1.29 is 32.6 Å². The van der Waals surface area contributed by atoms with Gasteiger partial charge in [0.25, 0.3) is 0 Å². The van der Waals surface area contributed by atoms with Gasteiger partial charge in [0.15, 0.2) is 22.4 Å². The Balaban J connectivity index is 2.24. The summed E-state index contributed by atoms with van der Waals surface area (Å²) in [5.41, 5.74) is 2.07. The maximum absolute atomic E-state index is 14.4. The summed E-state index contributed by atoms with van der Waals surface area (Å²) in [5, 5.41) is -1.01. The van der Waals surface area contributed by atoms with Gasteiger partial charge in [0, 0.05) is 5.41 Å². The van der Waals surface area contributed by atoms with Gasteiger partial charge in [-0.3, -0.25) is 4.79 Å². The van der Waals surface area contributed by atoms with Crippen molar-refractivity contribution in [3.63, 3.8) is 0 Å². The molecule has 55 heavy (non-hydrogen) atoms. The number of benzene rings is 3. The summed E-state index contributed by atoms with van der Waals surface area (Å²) in [6.45, 7) is 29.3. The summed E-state index contributed by atoms with van der Waals surface area (Å²) < 4.78 is 40.5. The van der Waals surface area contributed by atoms with Crippen LogP contribution in [0.5, 0.6) is 5.75 Å². The van der Waals surface area contributed by atoms with Gasteiger partial charge in [-0.1, -0.05) is 128 Å². The molecular formula is C45H69ClO7Si2. The highest BCUT2D eigenvalue weighted by atomic mass is 35.5. The Morgan fingerprint density at radius 1 is 0.636 bits per heavy atom. The Kier molecular flexibility index (Phi) is 17.0. The van der Waals surface area contributed by atoms with E-state index in [-0.39, 0.29) is 29.1 Å². The highest BCUT2D eigenvalue weighted by Crippen LogP contribution is 2.45. The van der Waals surface area contributed by atoms with Crippen molar-refractivity contribution in [3.8, 4) is 5.75 Å². The molecule has 0 spiro atoms. The Hall–Kier alpha value is -2.35. The van der Waals surface area contributed by atoms with Crippen LogP contribution in [0, 0.1) is 5.41 Å². The lowest BCUT2D eigenvalue weighted by Crippen LogP contribution is -2.61. The van der Waals surface area contributed by atoms with Crippen LogP contribution in [0.15, 0.2) is 84.9 Å². The van der Waals surface area contributed by atoms with Crippen molar-refractivity contribution >= 4 is 34.0 Å². The minimum atomic E-state index is -2.56. The minimum absolute atomic E-state index is 0.0286. The molecule has 3 rings (SSSR count). The Bertz CT molecular complexity index is 1580. The van der Waals surface area contributed by atoms with Gasteiger partial charge in [-0.2, -0.15) is 0 Å². The molecule has 3 aromatic carbocycles. The summed E-state index contributed by atoms with van der Waals surface area (Å²) in [4.78, 5) is 14.4. The molecular weight excluding hydrogens is 744 g/mol. The molecule has 5 atom stereocenters. The molecule has 0 saturated heterocycles. The Labute approximate surface area is 340 Å². The number of Topliss-reactive ketones (excluding diaryl/α,β-unsaturated/α-hetero) is 1. The fourth-order valence-electron chi connectivity index (χ4n) is 5.78. The fourth-order valence-corrected chi connectivity index (χ4v) is 8.34. The zero-order valence-corrected chi connectivity index (χ0v) is 38.8. The second-order valence-corrected chi connectivity index (χ2v) is 28.6. The molecule has 3 aromatic rings. The monoisotopic (exact) mass is 812 g/mol. The third-order valence-electron chi connectivity index (χ3n) is 11.6. The number of hydrogen-bond acceptors (Lipinski definition) is 7. The molecule has 0 saturated carbocycles. The van der Waals surface area contributed by atoms with E-state index in [1.165, 1.54) is 0 Å². The second-order valence-electron chi connectivity index (χ2n) is 18.3. The van der Waals surface area contributed by atoms with Gasteiger partial charge < -0.3 is 27.8 Å². The molecule has 0 amide bonds. The SMILES string of the molecule is COc1ccc(CO[C@@H]([C@H](CO[Si](C)(C)C(C)(C)C)OCc2ccccc2)C(C)(C)[C@@H](O[Si](C)(C)C(C)(C)C)[C@@H](OCc2ccccc2)C(=O)C(C)Cl)cc1. The summed E-state index contributed by atoms with van der Waals surface area (Å²) in [6, 6.07) is 27.9. The second kappa shape index (κ2) is 19.9. The van der Waals surface area contributed by atoms with Gasteiger partial charge in [0.1, 0.15) is 18.0 Å². The third-order valence-corrected chi connectivity index (χ3v) is 20.7.